The third-order valence-electron chi connectivity index (χ3n) is 6.50. The molecular weight excluding hydrogens is 524 g/mol. The number of benzene rings is 3. The Kier molecular flexibility index (Phi) is 8.52. The molecular formula is C29H29F2N3O6. The Morgan fingerprint density at radius 2 is 1.73 bits per heavy atom. The van der Waals surface area contributed by atoms with Crippen molar-refractivity contribution in [2.75, 3.05) is 30.9 Å². The monoisotopic (exact) mass is 553 g/mol. The summed E-state index contributed by atoms with van der Waals surface area (Å²) in [7, 11) is 1.42. The van der Waals surface area contributed by atoms with Crippen LogP contribution in [0.1, 0.15) is 27.9 Å². The molecule has 1 saturated heterocycles. The van der Waals surface area contributed by atoms with E-state index >= 15 is 0 Å². The second kappa shape index (κ2) is 12.0. The molecule has 0 spiro atoms. The number of halogens is 2. The van der Waals surface area contributed by atoms with Crippen LogP contribution in [0.4, 0.5) is 25.0 Å². The number of carbonyl (C=O) groups is 3. The van der Waals surface area contributed by atoms with E-state index in [2.05, 4.69) is 10.6 Å². The van der Waals surface area contributed by atoms with E-state index in [-0.39, 0.29) is 18.6 Å². The van der Waals surface area contributed by atoms with Crippen LogP contribution in [0.15, 0.2) is 66.7 Å². The van der Waals surface area contributed by atoms with Crippen LogP contribution in [0.3, 0.4) is 0 Å². The number of carbonyl (C=O) groups excluding carboxylic acids is 2. The van der Waals surface area contributed by atoms with Gasteiger partial charge in [0.25, 0.3) is 5.92 Å². The van der Waals surface area contributed by atoms with E-state index in [0.717, 1.165) is 10.5 Å². The summed E-state index contributed by atoms with van der Waals surface area (Å²) in [6.45, 7) is 0.969. The van der Waals surface area contributed by atoms with Crippen molar-refractivity contribution in [3.63, 3.8) is 0 Å². The quantitative estimate of drug-likeness (QED) is 0.335. The molecule has 4 rings (SSSR count). The lowest BCUT2D eigenvalue weighted by Gasteiger charge is -2.24. The van der Waals surface area contributed by atoms with E-state index in [1.165, 1.54) is 31.4 Å². The molecule has 0 aliphatic carbocycles. The van der Waals surface area contributed by atoms with Crippen LogP contribution in [-0.4, -0.2) is 60.1 Å². The Hall–Kier alpha value is -4.67. The van der Waals surface area contributed by atoms with E-state index in [9.17, 15) is 23.2 Å². The molecule has 3 amide bonds. The Morgan fingerprint density at radius 3 is 2.40 bits per heavy atom. The number of carboxylic acid groups (broad SMARTS) is 1. The van der Waals surface area contributed by atoms with Crippen molar-refractivity contribution in [3.05, 3.63) is 83.4 Å². The van der Waals surface area contributed by atoms with Crippen LogP contribution in [0.5, 0.6) is 11.5 Å². The van der Waals surface area contributed by atoms with Crippen molar-refractivity contribution in [2.45, 2.75) is 31.7 Å². The minimum atomic E-state index is -3.06. The van der Waals surface area contributed by atoms with Gasteiger partial charge in [-0.25, -0.2) is 18.4 Å². The summed E-state index contributed by atoms with van der Waals surface area (Å²) < 4.78 is 39.6. The summed E-state index contributed by atoms with van der Waals surface area (Å²) >= 11 is 0. The van der Waals surface area contributed by atoms with Gasteiger partial charge < -0.3 is 30.1 Å². The zero-order chi connectivity index (χ0) is 28.9. The Bertz CT molecular complexity index is 1400. The Labute approximate surface area is 229 Å². The first kappa shape index (κ1) is 28.3. The van der Waals surface area contributed by atoms with E-state index in [1.807, 2.05) is 19.1 Å². The molecule has 1 heterocycles. The molecule has 11 heteroatoms. The minimum absolute atomic E-state index is 0.0696. The molecule has 3 aromatic rings. The smallest absolute Gasteiger partial charge is 0.335 e. The molecule has 3 N–H and O–H groups in total. The number of urea groups is 1. The molecule has 0 radical (unpaired) electrons. The van der Waals surface area contributed by atoms with E-state index < -0.39 is 42.8 Å². The van der Waals surface area contributed by atoms with Gasteiger partial charge in [0, 0.05) is 12.1 Å². The Morgan fingerprint density at radius 1 is 1.02 bits per heavy atom. The maximum atomic E-state index is 14.3. The molecule has 1 aliphatic rings. The van der Waals surface area contributed by atoms with Crippen LogP contribution in [0.25, 0.3) is 0 Å². The van der Waals surface area contributed by atoms with Crippen LogP contribution in [-0.2, 0) is 11.2 Å². The lowest BCUT2D eigenvalue weighted by atomic mass is 10.1. The van der Waals surface area contributed by atoms with Gasteiger partial charge in [-0.1, -0.05) is 24.3 Å². The maximum absolute atomic E-state index is 14.3. The summed E-state index contributed by atoms with van der Waals surface area (Å²) in [6, 6.07) is 16.3. The largest absolute Gasteiger partial charge is 0.495 e. The van der Waals surface area contributed by atoms with Crippen LogP contribution >= 0.6 is 0 Å². The number of para-hydroxylation sites is 1. The number of carboxylic acids is 1. The number of hydrogen-bond acceptors (Lipinski definition) is 5. The first-order valence-electron chi connectivity index (χ1n) is 12.5. The normalized spacial score (nSPS) is 15.8. The summed E-state index contributed by atoms with van der Waals surface area (Å²) in [5.74, 6) is -4.04. The molecule has 9 nitrogen and oxygen atoms in total. The van der Waals surface area contributed by atoms with Crippen LogP contribution in [0.2, 0.25) is 0 Å². The molecule has 1 fully saturated rings. The fourth-order valence-electron chi connectivity index (χ4n) is 4.44. The Balaban J connectivity index is 1.40. The number of alkyl halides is 2. The zero-order valence-electron chi connectivity index (χ0n) is 21.9. The standard InChI is InChI=1S/C29H29F2N3O6/c1-18-5-3-4-6-23(18)32-28(38)33-24-12-7-19(13-25(24)39-2)14-26(35)34-17-29(30,31)15-21(34)16-40-22-10-8-20(9-11-22)27(36)37/h3-13,21H,14-17H2,1-2H3,(H,36,37)(H2,32,33,38)/t21-/m0/s1. The molecule has 1 aliphatic heterocycles. The summed E-state index contributed by atoms with van der Waals surface area (Å²) in [5, 5.41) is 14.5. The van der Waals surface area contributed by atoms with Crippen molar-refractivity contribution in [2.24, 2.45) is 0 Å². The predicted molar refractivity (Wildman–Crippen MR) is 144 cm³/mol. The zero-order valence-corrected chi connectivity index (χ0v) is 21.9. The average molecular weight is 554 g/mol. The topological polar surface area (TPSA) is 117 Å². The fraction of sp³-hybridized carbons (Fsp3) is 0.276. The highest BCUT2D eigenvalue weighted by atomic mass is 19.3. The number of methoxy groups -OCH3 is 1. The number of rotatable bonds is 9. The lowest BCUT2D eigenvalue weighted by molar-refractivity contribution is -0.133. The van der Waals surface area contributed by atoms with Crippen molar-refractivity contribution in [3.8, 4) is 11.5 Å². The highest BCUT2D eigenvalue weighted by molar-refractivity contribution is 6.01. The molecule has 0 unspecified atom stereocenters. The molecule has 3 aromatic carbocycles. The molecule has 0 aromatic heterocycles. The van der Waals surface area contributed by atoms with E-state index in [4.69, 9.17) is 14.6 Å². The van der Waals surface area contributed by atoms with Gasteiger partial charge in [0.15, 0.2) is 0 Å². The van der Waals surface area contributed by atoms with Crippen LogP contribution < -0.4 is 20.1 Å². The van der Waals surface area contributed by atoms with E-state index in [1.54, 1.807) is 30.3 Å². The second-order valence-corrected chi connectivity index (χ2v) is 9.48. The van der Waals surface area contributed by atoms with Gasteiger partial charge in [0.1, 0.15) is 18.1 Å². The number of nitrogens with zero attached hydrogens (tertiary/aromatic N) is 1. The number of likely N-dealkylation sites (tertiary alicyclic amines) is 1. The third-order valence-corrected chi connectivity index (χ3v) is 6.50. The lowest BCUT2D eigenvalue weighted by Crippen LogP contribution is -2.40. The third kappa shape index (κ3) is 7.04. The number of nitrogens with one attached hydrogen (secondary N) is 2. The van der Waals surface area contributed by atoms with E-state index in [0.29, 0.717) is 28.4 Å². The molecule has 40 heavy (non-hydrogen) atoms. The summed E-state index contributed by atoms with van der Waals surface area (Å²) in [5.41, 5.74) is 2.51. The SMILES string of the molecule is COc1cc(CC(=O)N2CC(F)(F)C[C@H]2COc2ccc(C(=O)O)cc2)ccc1NC(=O)Nc1ccccc1C. The van der Waals surface area contributed by atoms with Gasteiger partial charge in [-0.15, -0.1) is 0 Å². The van der Waals surface area contributed by atoms with Gasteiger partial charge in [0.05, 0.1) is 37.4 Å². The van der Waals surface area contributed by atoms with Gasteiger partial charge in [0.2, 0.25) is 5.91 Å². The number of ether oxygens (including phenoxy) is 2. The summed E-state index contributed by atoms with van der Waals surface area (Å²) in [6.07, 6.45) is -0.708. The van der Waals surface area contributed by atoms with Crippen molar-refractivity contribution in [1.82, 2.24) is 4.90 Å². The minimum Gasteiger partial charge on any atom is -0.495 e. The first-order valence-corrected chi connectivity index (χ1v) is 12.5. The molecule has 210 valence electrons. The fourth-order valence-corrected chi connectivity index (χ4v) is 4.44. The van der Waals surface area contributed by atoms with Gasteiger partial charge in [-0.2, -0.15) is 0 Å². The van der Waals surface area contributed by atoms with Crippen LogP contribution in [0, 0.1) is 6.92 Å². The second-order valence-electron chi connectivity index (χ2n) is 9.48. The van der Waals surface area contributed by atoms with Gasteiger partial charge in [-0.3, -0.25) is 4.79 Å². The first-order chi connectivity index (χ1) is 19.0. The highest BCUT2D eigenvalue weighted by Gasteiger charge is 2.47. The number of anilines is 2. The summed E-state index contributed by atoms with van der Waals surface area (Å²) in [4.78, 5) is 37.7. The molecule has 0 bridgehead atoms. The maximum Gasteiger partial charge on any atom is 0.335 e. The van der Waals surface area contributed by atoms with Gasteiger partial charge in [-0.05, 0) is 60.5 Å². The van der Waals surface area contributed by atoms with Crippen molar-refractivity contribution < 1.29 is 37.7 Å². The van der Waals surface area contributed by atoms with Gasteiger partial charge >= 0.3 is 12.0 Å². The van der Waals surface area contributed by atoms with Crippen molar-refractivity contribution in [1.29, 1.82) is 0 Å². The number of aromatic carboxylic acids is 1. The molecule has 1 atom stereocenters. The predicted octanol–water partition coefficient (Wildman–Crippen LogP) is 5.20. The number of amides is 3. The number of aryl methyl sites for hydroxylation is 1. The molecule has 0 saturated carbocycles. The van der Waals surface area contributed by atoms with Crippen molar-refractivity contribution >= 4 is 29.3 Å². The number of hydrogen-bond donors (Lipinski definition) is 3. The highest BCUT2D eigenvalue weighted by Crippen LogP contribution is 2.33. The average Bonchev–Trinajstić information content (AvgIpc) is 3.24.